The summed E-state index contributed by atoms with van der Waals surface area (Å²) in [6.07, 6.45) is 1.19. The van der Waals surface area contributed by atoms with Gasteiger partial charge in [-0.3, -0.25) is 4.79 Å². The van der Waals surface area contributed by atoms with Crippen molar-refractivity contribution in [2.45, 2.75) is 32.2 Å². The quantitative estimate of drug-likeness (QED) is 0.587. The van der Waals surface area contributed by atoms with Crippen molar-refractivity contribution < 1.29 is 19.4 Å². The fourth-order valence-corrected chi connectivity index (χ4v) is 0.983. The van der Waals surface area contributed by atoms with E-state index in [0.29, 0.717) is 19.3 Å². The zero-order valence-electron chi connectivity index (χ0n) is 8.58. The molecule has 1 amide bonds. The van der Waals surface area contributed by atoms with Crippen molar-refractivity contribution in [2.75, 3.05) is 13.7 Å². The standard InChI is InChI=1S/C9H17NO4/c1-3-8(12)10-7(5-4-6-11)9(13)14-2/h7,11H,3-6H2,1-2H3,(H,10,12)/t7-/m0/s1. The van der Waals surface area contributed by atoms with Crippen LogP contribution in [0.2, 0.25) is 0 Å². The highest BCUT2D eigenvalue weighted by Gasteiger charge is 2.19. The normalized spacial score (nSPS) is 11.9. The SMILES string of the molecule is CCC(=O)N[C@@H](CCCO)C(=O)OC. The third-order valence-corrected chi connectivity index (χ3v) is 1.79. The van der Waals surface area contributed by atoms with Gasteiger partial charge >= 0.3 is 5.97 Å². The number of hydrogen-bond acceptors (Lipinski definition) is 4. The molecule has 1 atom stereocenters. The van der Waals surface area contributed by atoms with Gasteiger partial charge in [0.25, 0.3) is 0 Å². The van der Waals surface area contributed by atoms with E-state index in [1.165, 1.54) is 7.11 Å². The Kier molecular flexibility index (Phi) is 6.74. The molecule has 0 radical (unpaired) electrons. The Hall–Kier alpha value is -1.10. The average Bonchev–Trinajstić information content (AvgIpc) is 2.22. The van der Waals surface area contributed by atoms with Crippen molar-refractivity contribution in [2.24, 2.45) is 0 Å². The molecule has 14 heavy (non-hydrogen) atoms. The summed E-state index contributed by atoms with van der Waals surface area (Å²) in [6.45, 7) is 1.70. The summed E-state index contributed by atoms with van der Waals surface area (Å²) in [7, 11) is 1.27. The van der Waals surface area contributed by atoms with Crippen LogP contribution >= 0.6 is 0 Å². The number of methoxy groups -OCH3 is 1. The van der Waals surface area contributed by atoms with Crippen LogP contribution in [0.3, 0.4) is 0 Å². The molecule has 0 aromatic carbocycles. The minimum absolute atomic E-state index is 0.00447. The summed E-state index contributed by atoms with van der Waals surface area (Å²) in [5, 5.41) is 11.1. The lowest BCUT2D eigenvalue weighted by atomic mass is 10.1. The molecule has 0 rings (SSSR count). The van der Waals surface area contributed by atoms with Crippen LogP contribution in [0.15, 0.2) is 0 Å². The molecule has 5 heteroatoms. The monoisotopic (exact) mass is 203 g/mol. The number of carbonyl (C=O) groups excluding carboxylic acids is 2. The first-order chi connectivity index (χ1) is 6.65. The Morgan fingerprint density at radius 2 is 2.14 bits per heavy atom. The number of esters is 1. The number of rotatable bonds is 6. The maximum atomic E-state index is 11.2. The van der Waals surface area contributed by atoms with Gasteiger partial charge in [-0.2, -0.15) is 0 Å². The Balaban J connectivity index is 4.09. The highest BCUT2D eigenvalue weighted by Crippen LogP contribution is 1.99. The fourth-order valence-electron chi connectivity index (χ4n) is 0.983. The number of carbonyl (C=O) groups is 2. The van der Waals surface area contributed by atoms with Crippen LogP contribution in [0.1, 0.15) is 26.2 Å². The fraction of sp³-hybridized carbons (Fsp3) is 0.778. The summed E-state index contributed by atoms with van der Waals surface area (Å²) in [4.78, 5) is 22.2. The van der Waals surface area contributed by atoms with E-state index >= 15 is 0 Å². The van der Waals surface area contributed by atoms with Gasteiger partial charge in [0, 0.05) is 13.0 Å². The average molecular weight is 203 g/mol. The molecule has 0 spiro atoms. The van der Waals surface area contributed by atoms with E-state index < -0.39 is 12.0 Å². The van der Waals surface area contributed by atoms with Crippen molar-refractivity contribution in [3.05, 3.63) is 0 Å². The van der Waals surface area contributed by atoms with Crippen LogP contribution < -0.4 is 5.32 Å². The Labute approximate surface area is 83.4 Å². The van der Waals surface area contributed by atoms with Crippen molar-refractivity contribution in [1.82, 2.24) is 5.32 Å². The number of aliphatic hydroxyl groups is 1. The van der Waals surface area contributed by atoms with Crippen molar-refractivity contribution in [3.63, 3.8) is 0 Å². The van der Waals surface area contributed by atoms with Gasteiger partial charge < -0.3 is 15.2 Å². The first-order valence-electron chi connectivity index (χ1n) is 4.63. The van der Waals surface area contributed by atoms with E-state index in [1.807, 2.05) is 0 Å². The van der Waals surface area contributed by atoms with E-state index in [2.05, 4.69) is 10.1 Å². The predicted octanol–water partition coefficient (Wildman–Crippen LogP) is -0.173. The lowest BCUT2D eigenvalue weighted by Crippen LogP contribution is -2.41. The molecule has 0 aromatic heterocycles. The van der Waals surface area contributed by atoms with Gasteiger partial charge in [0.2, 0.25) is 5.91 Å². The van der Waals surface area contributed by atoms with Crippen LogP contribution in [0.4, 0.5) is 0 Å². The molecule has 0 saturated heterocycles. The number of hydrogen-bond donors (Lipinski definition) is 2. The molecule has 5 nitrogen and oxygen atoms in total. The van der Waals surface area contributed by atoms with Crippen molar-refractivity contribution in [3.8, 4) is 0 Å². The second kappa shape index (κ2) is 7.32. The van der Waals surface area contributed by atoms with Crippen molar-refractivity contribution >= 4 is 11.9 Å². The van der Waals surface area contributed by atoms with Crippen molar-refractivity contribution in [1.29, 1.82) is 0 Å². The van der Waals surface area contributed by atoms with Crippen LogP contribution in [-0.2, 0) is 14.3 Å². The maximum absolute atomic E-state index is 11.2. The molecule has 0 aliphatic rings. The van der Waals surface area contributed by atoms with Crippen LogP contribution in [-0.4, -0.2) is 36.7 Å². The largest absolute Gasteiger partial charge is 0.467 e. The Morgan fingerprint density at radius 3 is 2.57 bits per heavy atom. The van der Waals surface area contributed by atoms with Gasteiger partial charge in [0.05, 0.1) is 7.11 Å². The van der Waals surface area contributed by atoms with E-state index in [-0.39, 0.29) is 12.5 Å². The molecule has 82 valence electrons. The first-order valence-corrected chi connectivity index (χ1v) is 4.63. The van der Waals surface area contributed by atoms with Gasteiger partial charge in [-0.05, 0) is 12.8 Å². The first kappa shape index (κ1) is 12.9. The summed E-state index contributed by atoms with van der Waals surface area (Å²) < 4.78 is 4.52. The number of ether oxygens (including phenoxy) is 1. The molecule has 0 heterocycles. The summed E-state index contributed by atoms with van der Waals surface area (Å²) in [5.74, 6) is -0.668. The molecule has 0 aromatic rings. The molecule has 0 saturated carbocycles. The van der Waals surface area contributed by atoms with Gasteiger partial charge in [0.1, 0.15) is 6.04 Å². The van der Waals surface area contributed by atoms with E-state index in [1.54, 1.807) is 6.92 Å². The Bertz CT molecular complexity index is 193. The van der Waals surface area contributed by atoms with Crippen LogP contribution in [0.5, 0.6) is 0 Å². The molecule has 0 fully saturated rings. The lowest BCUT2D eigenvalue weighted by Gasteiger charge is -2.15. The zero-order chi connectivity index (χ0) is 11.0. The third-order valence-electron chi connectivity index (χ3n) is 1.79. The molecule has 0 aliphatic heterocycles. The molecular weight excluding hydrogens is 186 g/mol. The second-order valence-corrected chi connectivity index (χ2v) is 2.86. The van der Waals surface area contributed by atoms with E-state index in [9.17, 15) is 9.59 Å². The molecule has 2 N–H and O–H groups in total. The predicted molar refractivity (Wildman–Crippen MR) is 50.6 cm³/mol. The van der Waals surface area contributed by atoms with E-state index in [0.717, 1.165) is 0 Å². The van der Waals surface area contributed by atoms with Crippen LogP contribution in [0, 0.1) is 0 Å². The van der Waals surface area contributed by atoms with E-state index in [4.69, 9.17) is 5.11 Å². The third kappa shape index (κ3) is 4.81. The number of nitrogens with one attached hydrogen (secondary N) is 1. The second-order valence-electron chi connectivity index (χ2n) is 2.86. The lowest BCUT2D eigenvalue weighted by molar-refractivity contribution is -0.145. The topological polar surface area (TPSA) is 75.6 Å². The van der Waals surface area contributed by atoms with Crippen LogP contribution in [0.25, 0.3) is 0 Å². The molecule has 0 bridgehead atoms. The zero-order valence-corrected chi connectivity index (χ0v) is 8.58. The van der Waals surface area contributed by atoms with Gasteiger partial charge in [-0.25, -0.2) is 4.79 Å². The molecular formula is C9H17NO4. The molecule has 0 aliphatic carbocycles. The number of amides is 1. The smallest absolute Gasteiger partial charge is 0.328 e. The van der Waals surface area contributed by atoms with Gasteiger partial charge in [-0.15, -0.1) is 0 Å². The van der Waals surface area contributed by atoms with Gasteiger partial charge in [-0.1, -0.05) is 6.92 Å². The highest BCUT2D eigenvalue weighted by molar-refractivity contribution is 5.84. The minimum Gasteiger partial charge on any atom is -0.467 e. The maximum Gasteiger partial charge on any atom is 0.328 e. The highest BCUT2D eigenvalue weighted by atomic mass is 16.5. The summed E-state index contributed by atoms with van der Waals surface area (Å²) in [5.41, 5.74) is 0. The van der Waals surface area contributed by atoms with Gasteiger partial charge in [0.15, 0.2) is 0 Å². The Morgan fingerprint density at radius 1 is 1.50 bits per heavy atom. The summed E-state index contributed by atoms with van der Waals surface area (Å²) >= 11 is 0. The molecule has 0 unspecified atom stereocenters. The summed E-state index contributed by atoms with van der Waals surface area (Å²) in [6, 6.07) is -0.639. The minimum atomic E-state index is -0.639. The number of aliphatic hydroxyl groups excluding tert-OH is 1.